The lowest BCUT2D eigenvalue weighted by Crippen LogP contribution is -2.77. The molecule has 1 unspecified atom stereocenters. The van der Waals surface area contributed by atoms with Crippen LogP contribution in [0.3, 0.4) is 0 Å². The lowest BCUT2D eigenvalue weighted by atomic mass is 9.76. The van der Waals surface area contributed by atoms with E-state index in [1.54, 1.807) is 12.1 Å². The van der Waals surface area contributed by atoms with Crippen molar-refractivity contribution in [3.8, 4) is 22.5 Å². The smallest absolute Gasteiger partial charge is 0.324 e. The zero-order valence-electron chi connectivity index (χ0n) is 42.0. The Kier molecular flexibility index (Phi) is 13.1. The van der Waals surface area contributed by atoms with Gasteiger partial charge in [-0.25, -0.2) is 10.4 Å². The lowest BCUT2D eigenvalue weighted by molar-refractivity contribution is -0.159. The molecule has 6 bridgehead atoms. The molecule has 0 radical (unpaired) electrons. The molecule has 2 amide bonds. The summed E-state index contributed by atoms with van der Waals surface area (Å²) in [5, 5.41) is 8.81. The number of nitrogens with one attached hydrogen (secondary N) is 2. The van der Waals surface area contributed by atoms with E-state index in [0.29, 0.717) is 45.6 Å². The summed E-state index contributed by atoms with van der Waals surface area (Å²) in [4.78, 5) is 58.6. The van der Waals surface area contributed by atoms with Crippen molar-refractivity contribution in [1.29, 1.82) is 0 Å². The third kappa shape index (κ3) is 9.28. The topological polar surface area (TPSA) is 153 Å². The molecule has 1 aromatic carbocycles. The minimum Gasteiger partial charge on any atom is -0.464 e. The van der Waals surface area contributed by atoms with E-state index in [2.05, 4.69) is 103 Å². The van der Waals surface area contributed by atoms with Gasteiger partial charge in [-0.3, -0.25) is 34.2 Å². The van der Waals surface area contributed by atoms with E-state index in [1.807, 2.05) is 19.2 Å². The maximum absolute atomic E-state index is 15.2. The minimum atomic E-state index is -0.942. The summed E-state index contributed by atoms with van der Waals surface area (Å²) in [7, 11) is 3.88. The molecule has 372 valence electrons. The van der Waals surface area contributed by atoms with E-state index in [-0.39, 0.29) is 59.5 Å². The van der Waals surface area contributed by atoms with Crippen LogP contribution in [-0.2, 0) is 46.3 Å². The van der Waals surface area contributed by atoms with E-state index in [9.17, 15) is 9.59 Å². The first-order chi connectivity index (χ1) is 33.0. The number of amides is 2. The number of pyridine rings is 1. The first kappa shape index (κ1) is 48.3. The Morgan fingerprint density at radius 1 is 1.09 bits per heavy atom. The van der Waals surface area contributed by atoms with Crippen molar-refractivity contribution in [2.45, 2.75) is 135 Å². The van der Waals surface area contributed by atoms with E-state index in [4.69, 9.17) is 28.9 Å². The molecule has 2 N–H and O–H groups in total. The van der Waals surface area contributed by atoms with Crippen LogP contribution in [0.4, 0.5) is 0 Å². The van der Waals surface area contributed by atoms with Crippen LogP contribution in [-0.4, -0.2) is 137 Å². The number of ether oxygens (including phenoxy) is 4. The maximum Gasteiger partial charge on any atom is 0.324 e. The van der Waals surface area contributed by atoms with Crippen LogP contribution >= 0.6 is 11.3 Å². The molecule has 5 aliphatic heterocycles. The van der Waals surface area contributed by atoms with Crippen molar-refractivity contribution in [1.82, 2.24) is 40.1 Å². The summed E-state index contributed by atoms with van der Waals surface area (Å²) in [6, 6.07) is 8.52. The van der Waals surface area contributed by atoms with Gasteiger partial charge in [-0.05, 0) is 102 Å². The van der Waals surface area contributed by atoms with Gasteiger partial charge in [0.05, 0.1) is 54.1 Å². The highest BCUT2D eigenvalue weighted by Crippen LogP contribution is 2.48. The van der Waals surface area contributed by atoms with E-state index >= 15 is 4.79 Å². The zero-order chi connectivity index (χ0) is 48.6. The van der Waals surface area contributed by atoms with Gasteiger partial charge in [0, 0.05) is 103 Å². The molecule has 1 aliphatic carbocycles. The fourth-order valence-electron chi connectivity index (χ4n) is 11.9. The fourth-order valence-corrected chi connectivity index (χ4v) is 12.8. The average Bonchev–Trinajstić information content (AvgIpc) is 3.58. The number of methoxy groups -OCH3 is 1. The summed E-state index contributed by atoms with van der Waals surface area (Å²) in [6.45, 7) is 19.6. The van der Waals surface area contributed by atoms with E-state index < -0.39 is 29.5 Å². The Hall–Kier alpha value is -4.29. The summed E-state index contributed by atoms with van der Waals surface area (Å²) in [5.74, 6) is -0.490. The van der Waals surface area contributed by atoms with Gasteiger partial charge in [0.25, 0.3) is 5.91 Å². The Balaban J connectivity index is 1.11. The summed E-state index contributed by atoms with van der Waals surface area (Å²) in [5.41, 5.74) is 9.34. The van der Waals surface area contributed by atoms with Crippen molar-refractivity contribution >= 4 is 40.0 Å². The summed E-state index contributed by atoms with van der Waals surface area (Å²) in [6.07, 6.45) is 6.09. The highest BCUT2D eigenvalue weighted by atomic mass is 32.1. The largest absolute Gasteiger partial charge is 0.464 e. The average molecular weight is 965 g/mol. The van der Waals surface area contributed by atoms with Crippen LogP contribution < -0.4 is 10.7 Å². The molecule has 8 heterocycles. The monoisotopic (exact) mass is 965 g/mol. The number of thiazole rings is 1. The molecule has 69 heavy (non-hydrogen) atoms. The van der Waals surface area contributed by atoms with Gasteiger partial charge in [0.1, 0.15) is 17.1 Å². The van der Waals surface area contributed by atoms with Crippen LogP contribution in [0, 0.1) is 23.2 Å². The molecular formula is C53H72N8O7S. The number of aromatic nitrogens is 3. The van der Waals surface area contributed by atoms with Gasteiger partial charge >= 0.3 is 5.97 Å². The molecule has 16 heteroatoms. The number of hydrazine groups is 1. The Morgan fingerprint density at radius 2 is 1.88 bits per heavy atom. The highest BCUT2D eigenvalue weighted by molar-refractivity contribution is 7.10. The minimum absolute atomic E-state index is 0.0448. The molecule has 4 aromatic rings. The van der Waals surface area contributed by atoms with Crippen molar-refractivity contribution in [3.63, 3.8) is 0 Å². The number of carbonyl (C=O) groups excluding carboxylic acids is 3. The molecule has 6 aliphatic rings. The zero-order valence-corrected chi connectivity index (χ0v) is 42.8. The number of rotatable bonds is 10. The molecule has 15 nitrogen and oxygen atoms in total. The molecule has 5 fully saturated rings. The Bertz CT molecular complexity index is 2580. The van der Waals surface area contributed by atoms with Gasteiger partial charge in [0.15, 0.2) is 0 Å². The van der Waals surface area contributed by atoms with Gasteiger partial charge < -0.3 is 28.8 Å². The van der Waals surface area contributed by atoms with Crippen LogP contribution in [0.15, 0.2) is 41.9 Å². The predicted molar refractivity (Wildman–Crippen MR) is 265 cm³/mol. The van der Waals surface area contributed by atoms with Gasteiger partial charge in [0.2, 0.25) is 5.91 Å². The third-order valence-electron chi connectivity index (χ3n) is 16.5. The predicted octanol–water partition coefficient (Wildman–Crippen LogP) is 6.95. The highest BCUT2D eigenvalue weighted by Gasteiger charge is 2.57. The number of hydrogen-bond acceptors (Lipinski definition) is 13. The van der Waals surface area contributed by atoms with E-state index in [0.717, 1.165) is 88.6 Å². The summed E-state index contributed by atoms with van der Waals surface area (Å²) >= 11 is 1.54. The molecular weight excluding hydrogens is 893 g/mol. The molecule has 1 spiro atoms. The van der Waals surface area contributed by atoms with Crippen LogP contribution in [0.5, 0.6) is 0 Å². The van der Waals surface area contributed by atoms with Gasteiger partial charge in [-0.15, -0.1) is 11.3 Å². The normalized spacial score (nSPS) is 29.5. The van der Waals surface area contributed by atoms with Crippen molar-refractivity contribution in [3.05, 3.63) is 58.2 Å². The van der Waals surface area contributed by atoms with Gasteiger partial charge in [-0.1, -0.05) is 33.8 Å². The number of esters is 1. The molecule has 4 saturated heterocycles. The maximum atomic E-state index is 15.2. The quantitative estimate of drug-likeness (QED) is 0.158. The summed E-state index contributed by atoms with van der Waals surface area (Å²) < 4.78 is 27.3. The van der Waals surface area contributed by atoms with Crippen molar-refractivity contribution in [2.75, 3.05) is 60.2 Å². The number of hydrogen-bond donors (Lipinski definition) is 2. The second-order valence-electron chi connectivity index (χ2n) is 22.4. The fraction of sp³-hybridized carbons (Fsp3) is 0.642. The van der Waals surface area contributed by atoms with Crippen molar-refractivity contribution < 1.29 is 33.3 Å². The molecule has 10 rings (SSSR count). The SMILES string of the molecule is CO[C@@H](C)c1ncccc1-c1c2c3cc(ccc3n1CCO[C@H]1CCOC(C)(C)C1)-c1csc(n1)[C@@H](N1CC3(CCN3C)C1)[C@H](NC(=O)C1[C@@H](C)[C@H]1C)C(=O)N1CCC[C@H](N1)C(=O)OCC(C)(C)C2. The lowest BCUT2D eigenvalue weighted by Gasteiger charge is -2.63. The molecule has 3 aromatic heterocycles. The number of benzene rings is 1. The van der Waals surface area contributed by atoms with Gasteiger partial charge in [-0.2, -0.15) is 0 Å². The standard InChI is InChI=1S/C53H72N8O7S/c1-31-32(2)42(31)47(62)56-44-46(59-28-53(29-59)17-20-58(53)8)48-55-40(27-69-48)34-14-15-41-37(24-34)38(26-51(4,5)30-67-50(64)39-13-11-19-61(57-39)49(44)63)45(36-12-10-18-54-43(36)33(3)65-9)60(41)21-23-66-35-16-22-68-52(6,7)25-35/h10,12,14-15,18,24,27,31-33,35,39,42,44,46,57H,11,13,16-17,19-23,25-26,28-30H2,1-9H3,(H,56,62)/t31-,32+,33-,35-,39-,42?,44-,46-/m0/s1. The second kappa shape index (κ2) is 18.7. The van der Waals surface area contributed by atoms with Crippen LogP contribution in [0.25, 0.3) is 33.4 Å². The number of fused-ring (bicyclic) bond motifs is 6. The number of carbonyl (C=O) groups is 3. The first-order valence-corrected chi connectivity index (χ1v) is 26.2. The third-order valence-corrected chi connectivity index (χ3v) is 17.4. The number of likely N-dealkylation sites (tertiary alicyclic amines) is 2. The Morgan fingerprint density at radius 3 is 2.59 bits per heavy atom. The number of nitrogens with zero attached hydrogens (tertiary/aromatic N) is 6. The van der Waals surface area contributed by atoms with Crippen molar-refractivity contribution in [2.24, 2.45) is 23.2 Å². The number of cyclic esters (lactones) is 1. The van der Waals surface area contributed by atoms with Crippen LogP contribution in [0.2, 0.25) is 0 Å². The Labute approximate surface area is 410 Å². The molecule has 8 atom stereocenters. The van der Waals surface area contributed by atoms with E-state index in [1.165, 1.54) is 11.3 Å². The second-order valence-corrected chi connectivity index (χ2v) is 23.3. The molecule has 1 saturated carbocycles. The first-order valence-electron chi connectivity index (χ1n) is 25.3. The number of likely N-dealkylation sites (N-methyl/N-ethyl adjacent to an activating group) is 1. The van der Waals surface area contributed by atoms with Crippen LogP contribution in [0.1, 0.15) is 109 Å².